The van der Waals surface area contributed by atoms with E-state index in [0.29, 0.717) is 5.41 Å². The molecule has 3 rings (SSSR count). The Labute approximate surface area is 80.5 Å². The third kappa shape index (κ3) is 1.40. The number of nitrogens with one attached hydrogen (secondary N) is 2. The van der Waals surface area contributed by atoms with Crippen LogP contribution in [0.25, 0.3) is 0 Å². The molecule has 2 heterocycles. The van der Waals surface area contributed by atoms with Crippen LogP contribution in [0.5, 0.6) is 0 Å². The monoisotopic (exact) mass is 180 g/mol. The Morgan fingerprint density at radius 2 is 1.31 bits per heavy atom. The van der Waals surface area contributed by atoms with Crippen LogP contribution in [0.2, 0.25) is 0 Å². The molecule has 2 spiro atoms. The lowest BCUT2D eigenvalue weighted by Crippen LogP contribution is -2.50. The minimum absolute atomic E-state index is 0.681. The summed E-state index contributed by atoms with van der Waals surface area (Å²) in [5.41, 5.74) is 1.44. The maximum Gasteiger partial charge on any atom is 0.000921 e. The maximum atomic E-state index is 3.67. The smallest absolute Gasteiger partial charge is 0.000921 e. The van der Waals surface area contributed by atoms with Crippen LogP contribution >= 0.6 is 0 Å². The van der Waals surface area contributed by atoms with Crippen LogP contribution in [0, 0.1) is 10.8 Å². The predicted molar refractivity (Wildman–Crippen MR) is 53.7 cm³/mol. The fourth-order valence-corrected chi connectivity index (χ4v) is 3.35. The summed E-state index contributed by atoms with van der Waals surface area (Å²) in [5.74, 6) is 0. The molecule has 74 valence electrons. The first-order valence-corrected chi connectivity index (χ1v) is 5.74. The van der Waals surface area contributed by atoms with Gasteiger partial charge >= 0.3 is 0 Å². The van der Waals surface area contributed by atoms with Crippen LogP contribution in [0.3, 0.4) is 0 Å². The standard InChI is InChI=1S/C11H20N2/c1-2-10(1)7-11(9-13-8-10)3-5-12-6-4-11/h12-13H,1-9H2. The Bertz CT molecular complexity index is 197. The van der Waals surface area contributed by atoms with Crippen LogP contribution in [-0.4, -0.2) is 26.2 Å². The number of piperidine rings is 2. The van der Waals surface area contributed by atoms with E-state index in [4.69, 9.17) is 0 Å². The van der Waals surface area contributed by atoms with Gasteiger partial charge in [0.25, 0.3) is 0 Å². The molecule has 1 aliphatic carbocycles. The Morgan fingerprint density at radius 3 is 1.92 bits per heavy atom. The van der Waals surface area contributed by atoms with Gasteiger partial charge in [-0.25, -0.2) is 0 Å². The second-order valence-corrected chi connectivity index (χ2v) is 5.53. The van der Waals surface area contributed by atoms with Crippen molar-refractivity contribution in [3.63, 3.8) is 0 Å². The number of hydrogen-bond donors (Lipinski definition) is 2. The van der Waals surface area contributed by atoms with Gasteiger partial charge in [-0.2, -0.15) is 0 Å². The van der Waals surface area contributed by atoms with E-state index in [1.807, 2.05) is 0 Å². The van der Waals surface area contributed by atoms with E-state index >= 15 is 0 Å². The van der Waals surface area contributed by atoms with Crippen LogP contribution in [0.4, 0.5) is 0 Å². The molecule has 2 nitrogen and oxygen atoms in total. The van der Waals surface area contributed by atoms with Gasteiger partial charge in [-0.3, -0.25) is 0 Å². The lowest BCUT2D eigenvalue weighted by atomic mass is 9.69. The number of hydrogen-bond acceptors (Lipinski definition) is 2. The molecule has 1 saturated carbocycles. The van der Waals surface area contributed by atoms with Gasteiger partial charge in [0, 0.05) is 13.1 Å². The lowest BCUT2D eigenvalue weighted by Gasteiger charge is -2.44. The van der Waals surface area contributed by atoms with Crippen molar-refractivity contribution in [2.24, 2.45) is 10.8 Å². The van der Waals surface area contributed by atoms with Gasteiger partial charge in [0.1, 0.15) is 0 Å². The first-order valence-electron chi connectivity index (χ1n) is 5.74. The molecule has 0 aromatic rings. The van der Waals surface area contributed by atoms with Crippen LogP contribution in [0.15, 0.2) is 0 Å². The zero-order valence-corrected chi connectivity index (χ0v) is 8.36. The number of rotatable bonds is 0. The van der Waals surface area contributed by atoms with E-state index in [1.54, 1.807) is 0 Å². The van der Waals surface area contributed by atoms with Gasteiger partial charge in [-0.05, 0) is 56.0 Å². The SMILES string of the molecule is C1CC2(CCN1)CNCC1(CC1)C2. The maximum absolute atomic E-state index is 3.67. The largest absolute Gasteiger partial charge is 0.317 e. The van der Waals surface area contributed by atoms with Crippen molar-refractivity contribution in [1.29, 1.82) is 0 Å². The minimum Gasteiger partial charge on any atom is -0.317 e. The first kappa shape index (κ1) is 8.25. The van der Waals surface area contributed by atoms with Crippen molar-refractivity contribution in [2.45, 2.75) is 32.1 Å². The zero-order chi connectivity index (χ0) is 8.78. The molecule has 2 aliphatic heterocycles. The molecule has 0 aromatic carbocycles. The molecule has 2 saturated heterocycles. The third-order valence-corrected chi connectivity index (χ3v) is 4.37. The van der Waals surface area contributed by atoms with Crippen molar-refractivity contribution < 1.29 is 0 Å². The van der Waals surface area contributed by atoms with Crippen molar-refractivity contribution in [3.8, 4) is 0 Å². The van der Waals surface area contributed by atoms with E-state index in [-0.39, 0.29) is 0 Å². The van der Waals surface area contributed by atoms with Gasteiger partial charge in [-0.15, -0.1) is 0 Å². The van der Waals surface area contributed by atoms with Crippen LogP contribution in [-0.2, 0) is 0 Å². The fraction of sp³-hybridized carbons (Fsp3) is 1.00. The van der Waals surface area contributed by atoms with Gasteiger partial charge < -0.3 is 10.6 Å². The summed E-state index contributed by atoms with van der Waals surface area (Å²) in [5, 5.41) is 7.15. The first-order chi connectivity index (χ1) is 6.33. The Morgan fingerprint density at radius 1 is 0.692 bits per heavy atom. The van der Waals surface area contributed by atoms with Gasteiger partial charge in [0.15, 0.2) is 0 Å². The highest BCUT2D eigenvalue weighted by Crippen LogP contribution is 2.56. The second-order valence-electron chi connectivity index (χ2n) is 5.53. The van der Waals surface area contributed by atoms with Gasteiger partial charge in [0.05, 0.1) is 0 Å². The quantitative estimate of drug-likeness (QED) is 0.584. The highest BCUT2D eigenvalue weighted by molar-refractivity contribution is 5.05. The van der Waals surface area contributed by atoms with E-state index in [9.17, 15) is 0 Å². The third-order valence-electron chi connectivity index (χ3n) is 4.37. The molecule has 0 aromatic heterocycles. The molecule has 0 unspecified atom stereocenters. The molecule has 2 heteroatoms. The van der Waals surface area contributed by atoms with Crippen molar-refractivity contribution >= 4 is 0 Å². The molecule has 3 fully saturated rings. The molecule has 0 bridgehead atoms. The summed E-state index contributed by atoms with van der Waals surface area (Å²) in [4.78, 5) is 0. The molecule has 0 radical (unpaired) electrons. The summed E-state index contributed by atoms with van der Waals surface area (Å²) < 4.78 is 0. The Hall–Kier alpha value is -0.0800. The Kier molecular flexibility index (Phi) is 1.72. The molecule has 0 amide bonds. The predicted octanol–water partition coefficient (Wildman–Crippen LogP) is 1.13. The molecule has 13 heavy (non-hydrogen) atoms. The van der Waals surface area contributed by atoms with E-state index in [0.717, 1.165) is 5.41 Å². The van der Waals surface area contributed by atoms with Gasteiger partial charge in [-0.1, -0.05) is 0 Å². The second kappa shape index (κ2) is 2.71. The highest BCUT2D eigenvalue weighted by atomic mass is 15.0. The molecular weight excluding hydrogens is 160 g/mol. The van der Waals surface area contributed by atoms with E-state index < -0.39 is 0 Å². The summed E-state index contributed by atoms with van der Waals surface area (Å²) >= 11 is 0. The summed E-state index contributed by atoms with van der Waals surface area (Å²) in [6.07, 6.45) is 7.32. The molecular formula is C11H20N2. The van der Waals surface area contributed by atoms with Crippen LogP contribution in [0.1, 0.15) is 32.1 Å². The van der Waals surface area contributed by atoms with Crippen molar-refractivity contribution in [3.05, 3.63) is 0 Å². The van der Waals surface area contributed by atoms with Crippen LogP contribution < -0.4 is 10.6 Å². The average Bonchev–Trinajstić information content (AvgIpc) is 2.86. The van der Waals surface area contributed by atoms with E-state index in [2.05, 4.69) is 10.6 Å². The Balaban J connectivity index is 1.74. The molecule has 2 N–H and O–H groups in total. The normalized spacial score (nSPS) is 35.1. The summed E-state index contributed by atoms with van der Waals surface area (Å²) in [6.45, 7) is 5.09. The minimum atomic E-state index is 0.681. The molecule has 0 atom stereocenters. The average molecular weight is 180 g/mol. The lowest BCUT2D eigenvalue weighted by molar-refractivity contribution is 0.102. The molecule has 3 aliphatic rings. The fourth-order valence-electron chi connectivity index (χ4n) is 3.35. The van der Waals surface area contributed by atoms with Crippen molar-refractivity contribution in [1.82, 2.24) is 10.6 Å². The topological polar surface area (TPSA) is 24.1 Å². The highest BCUT2D eigenvalue weighted by Gasteiger charge is 2.51. The summed E-state index contributed by atoms with van der Waals surface area (Å²) in [6, 6.07) is 0. The van der Waals surface area contributed by atoms with Crippen molar-refractivity contribution in [2.75, 3.05) is 26.2 Å². The van der Waals surface area contributed by atoms with E-state index in [1.165, 1.54) is 58.3 Å². The summed E-state index contributed by atoms with van der Waals surface area (Å²) in [7, 11) is 0. The zero-order valence-electron chi connectivity index (χ0n) is 8.36. The van der Waals surface area contributed by atoms with Gasteiger partial charge in [0.2, 0.25) is 0 Å².